The van der Waals surface area contributed by atoms with Crippen molar-refractivity contribution in [2.75, 3.05) is 5.23 Å². The van der Waals surface area contributed by atoms with Gasteiger partial charge in [0.25, 0.3) is 0 Å². The van der Waals surface area contributed by atoms with E-state index in [0.717, 1.165) is 12.1 Å². The minimum atomic E-state index is -1.85. The fourth-order valence-electron chi connectivity index (χ4n) is 0.683. The topological polar surface area (TPSA) is 6.48 Å². The fourth-order valence-corrected chi connectivity index (χ4v) is 0.683. The van der Waals surface area contributed by atoms with Crippen LogP contribution in [-0.2, 0) is 0 Å². The molecule has 0 saturated heterocycles. The lowest BCUT2D eigenvalue weighted by molar-refractivity contribution is -0.196. The van der Waals surface area contributed by atoms with Crippen molar-refractivity contribution < 1.29 is 17.8 Å². The first-order chi connectivity index (χ1) is 5.63. The highest BCUT2D eigenvalue weighted by atomic mass is 19.4. The third kappa shape index (κ3) is 1.65. The summed E-state index contributed by atoms with van der Waals surface area (Å²) in [6.07, 6.45) is 0. The summed E-state index contributed by atoms with van der Waals surface area (Å²) in [6, 6.07) is 4.29. The van der Waals surface area contributed by atoms with E-state index in [1.54, 1.807) is 0 Å². The van der Waals surface area contributed by atoms with Crippen LogP contribution in [-0.4, -0.2) is 5.45 Å². The molecular weight excluding hydrogens is 176 g/mol. The monoisotopic (exact) mass is 180 g/mol. The molecule has 0 aliphatic carbocycles. The number of hydrogen-bond acceptors (Lipinski definition) is 2. The van der Waals surface area contributed by atoms with Gasteiger partial charge in [0.05, 0.1) is 0 Å². The van der Waals surface area contributed by atoms with E-state index in [4.69, 9.17) is 0 Å². The molecule has 0 N–H and O–H groups in total. The van der Waals surface area contributed by atoms with Gasteiger partial charge in [0, 0.05) is 0 Å². The van der Waals surface area contributed by atoms with Gasteiger partial charge in [0.2, 0.25) is 0 Å². The molecule has 2 nitrogen and oxygen atoms in total. The fraction of sp³-hybridized carbons (Fsp3) is 0. The van der Waals surface area contributed by atoms with E-state index in [2.05, 4.69) is 0 Å². The molecule has 6 heteroatoms. The van der Waals surface area contributed by atoms with Crippen LogP contribution in [0.3, 0.4) is 0 Å². The number of hydrogen-bond donors (Lipinski definition) is 0. The molecule has 1 aromatic rings. The van der Waals surface area contributed by atoms with Crippen LogP contribution in [0.15, 0.2) is 24.3 Å². The van der Waals surface area contributed by atoms with Crippen molar-refractivity contribution in [3.63, 3.8) is 0 Å². The zero-order valence-electron chi connectivity index (χ0n) is 5.72. The van der Waals surface area contributed by atoms with Crippen molar-refractivity contribution >= 4 is 5.69 Å². The Bertz CT molecular complexity index is 265. The summed E-state index contributed by atoms with van der Waals surface area (Å²) in [5.74, 6) is -1.06. The number of hydrazine groups is 1. The SMILES string of the molecule is Fc1ccccc1N(F)N(F)F. The van der Waals surface area contributed by atoms with Crippen molar-refractivity contribution in [3.8, 4) is 0 Å². The molecule has 0 bridgehead atoms. The first kappa shape index (κ1) is 8.79. The van der Waals surface area contributed by atoms with Gasteiger partial charge in [0.1, 0.15) is 5.69 Å². The Morgan fingerprint density at radius 2 is 1.58 bits per heavy atom. The van der Waals surface area contributed by atoms with Crippen LogP contribution in [0, 0.1) is 5.82 Å². The van der Waals surface area contributed by atoms with Gasteiger partial charge in [-0.15, -0.1) is 0 Å². The van der Waals surface area contributed by atoms with Crippen molar-refractivity contribution in [3.05, 3.63) is 30.1 Å². The quantitative estimate of drug-likeness (QED) is 0.392. The van der Waals surface area contributed by atoms with Gasteiger partial charge >= 0.3 is 0 Å². The molecular formula is C6H4F4N2. The molecule has 1 rings (SSSR count). The molecule has 66 valence electrons. The number of anilines is 1. The normalized spacial score (nSPS) is 10.4. The average Bonchev–Trinajstić information content (AvgIpc) is 2.04. The lowest BCUT2D eigenvalue weighted by atomic mass is 10.3. The number of benzene rings is 1. The van der Waals surface area contributed by atoms with E-state index in [1.165, 1.54) is 12.1 Å². The van der Waals surface area contributed by atoms with Gasteiger partial charge in [-0.1, -0.05) is 30.8 Å². The minimum absolute atomic E-state index is 0.831. The average molecular weight is 180 g/mol. The Balaban J connectivity index is 2.94. The van der Waals surface area contributed by atoms with E-state index < -0.39 is 22.2 Å². The third-order valence-corrected chi connectivity index (χ3v) is 1.18. The van der Waals surface area contributed by atoms with Crippen molar-refractivity contribution in [2.24, 2.45) is 0 Å². The maximum absolute atomic E-state index is 12.6. The maximum atomic E-state index is 12.6. The number of nitrogens with zero attached hydrogens (tertiary/aromatic N) is 2. The van der Waals surface area contributed by atoms with Crippen LogP contribution < -0.4 is 5.23 Å². The summed E-state index contributed by atoms with van der Waals surface area (Å²) < 4.78 is 47.9. The van der Waals surface area contributed by atoms with Crippen LogP contribution >= 0.6 is 0 Å². The van der Waals surface area contributed by atoms with Crippen molar-refractivity contribution in [1.29, 1.82) is 0 Å². The summed E-state index contributed by atoms with van der Waals surface area (Å²) in [7, 11) is 0. The van der Waals surface area contributed by atoms with Gasteiger partial charge in [-0.05, 0) is 12.1 Å². The lowest BCUT2D eigenvalue weighted by Gasteiger charge is -2.11. The standard InChI is InChI=1S/C6H4F4N2/c7-5-3-1-2-4-6(5)11(8)12(9)10/h1-4H. The molecule has 0 heterocycles. The minimum Gasteiger partial charge on any atom is -0.205 e. The highest BCUT2D eigenvalue weighted by Crippen LogP contribution is 2.21. The second-order valence-corrected chi connectivity index (χ2v) is 1.93. The maximum Gasteiger partial charge on any atom is 0.151 e. The zero-order valence-corrected chi connectivity index (χ0v) is 5.72. The van der Waals surface area contributed by atoms with Gasteiger partial charge in [0.15, 0.2) is 11.3 Å². The lowest BCUT2D eigenvalue weighted by Crippen LogP contribution is -2.22. The third-order valence-electron chi connectivity index (χ3n) is 1.18. The Morgan fingerprint density at radius 1 is 1.00 bits per heavy atom. The first-order valence-electron chi connectivity index (χ1n) is 2.95. The van der Waals surface area contributed by atoms with Gasteiger partial charge in [-0.25, -0.2) is 4.39 Å². The van der Waals surface area contributed by atoms with E-state index >= 15 is 0 Å². The van der Waals surface area contributed by atoms with Crippen LogP contribution in [0.2, 0.25) is 0 Å². The van der Waals surface area contributed by atoms with E-state index in [1.807, 2.05) is 0 Å². The smallest absolute Gasteiger partial charge is 0.151 e. The van der Waals surface area contributed by atoms with Crippen LogP contribution in [0.4, 0.5) is 23.5 Å². The zero-order chi connectivity index (χ0) is 9.14. The molecule has 0 aliphatic heterocycles. The molecule has 0 unspecified atom stereocenters. The van der Waals surface area contributed by atoms with Gasteiger partial charge in [-0.2, -0.15) is 0 Å². The highest BCUT2D eigenvalue weighted by Gasteiger charge is 2.17. The Morgan fingerprint density at radius 3 is 2.08 bits per heavy atom. The predicted molar refractivity (Wildman–Crippen MR) is 34.0 cm³/mol. The predicted octanol–water partition coefficient (Wildman–Crippen LogP) is 2.50. The highest BCUT2D eigenvalue weighted by molar-refractivity contribution is 5.43. The molecule has 0 fully saturated rings. The molecule has 1 aromatic carbocycles. The Labute approximate surface area is 65.4 Å². The summed E-state index contributed by atoms with van der Waals surface area (Å²) in [6.45, 7) is 0. The summed E-state index contributed by atoms with van der Waals surface area (Å²) >= 11 is 0. The van der Waals surface area contributed by atoms with E-state index in [-0.39, 0.29) is 0 Å². The van der Waals surface area contributed by atoms with Crippen LogP contribution in [0.25, 0.3) is 0 Å². The summed E-state index contributed by atoms with van der Waals surface area (Å²) in [5.41, 5.74) is -2.68. The molecule has 0 spiro atoms. The first-order valence-corrected chi connectivity index (χ1v) is 2.95. The summed E-state index contributed by atoms with van der Waals surface area (Å²) in [4.78, 5) is 0. The molecule has 0 saturated carbocycles. The number of para-hydroxylation sites is 1. The van der Waals surface area contributed by atoms with Crippen molar-refractivity contribution in [2.45, 2.75) is 0 Å². The molecule has 12 heavy (non-hydrogen) atoms. The Hall–Kier alpha value is -1.30. The molecule has 0 aliphatic rings. The largest absolute Gasteiger partial charge is 0.205 e. The Kier molecular flexibility index (Phi) is 2.49. The van der Waals surface area contributed by atoms with Gasteiger partial charge in [-0.3, -0.25) is 0 Å². The van der Waals surface area contributed by atoms with Gasteiger partial charge < -0.3 is 0 Å². The van der Waals surface area contributed by atoms with E-state index in [0.29, 0.717) is 0 Å². The second kappa shape index (κ2) is 3.40. The van der Waals surface area contributed by atoms with Crippen LogP contribution in [0.5, 0.6) is 0 Å². The van der Waals surface area contributed by atoms with Crippen LogP contribution in [0.1, 0.15) is 0 Å². The van der Waals surface area contributed by atoms with E-state index in [9.17, 15) is 17.8 Å². The second-order valence-electron chi connectivity index (χ2n) is 1.93. The number of halogens is 4. The molecule has 0 atom stereocenters. The number of rotatable bonds is 2. The molecule has 0 aromatic heterocycles. The van der Waals surface area contributed by atoms with Crippen molar-refractivity contribution in [1.82, 2.24) is 5.45 Å². The molecule has 0 radical (unpaired) electrons. The summed E-state index contributed by atoms with van der Waals surface area (Å²) in [5, 5.41) is -1.09. The molecule has 0 amide bonds.